The number of halogens is 1. The molecule has 1 atom stereocenters. The van der Waals surface area contributed by atoms with Crippen LogP contribution in [-0.4, -0.2) is 6.04 Å². The Kier molecular flexibility index (Phi) is 3.53. The molecular formula is C12H18BrNS. The molecule has 15 heavy (non-hydrogen) atoms. The molecule has 1 unspecified atom stereocenters. The largest absolute Gasteiger partial charge is 0.310 e. The zero-order valence-corrected chi connectivity index (χ0v) is 11.7. The molecule has 0 aromatic carbocycles. The molecule has 1 nitrogen and oxygen atoms in total. The first-order valence-corrected chi connectivity index (χ1v) is 7.19. The molecule has 0 spiro atoms. The summed E-state index contributed by atoms with van der Waals surface area (Å²) < 4.78 is 1.23. The van der Waals surface area contributed by atoms with Crippen molar-refractivity contribution >= 4 is 27.3 Å². The first-order valence-electron chi connectivity index (χ1n) is 5.51. The van der Waals surface area contributed by atoms with Crippen molar-refractivity contribution in [3.05, 3.63) is 20.8 Å². The van der Waals surface area contributed by atoms with Gasteiger partial charge in [-0.1, -0.05) is 13.8 Å². The summed E-state index contributed by atoms with van der Waals surface area (Å²) in [5, 5.41) is 5.87. The molecule has 1 aliphatic rings. The highest BCUT2D eigenvalue weighted by molar-refractivity contribution is 9.11. The van der Waals surface area contributed by atoms with Crippen molar-refractivity contribution in [3.63, 3.8) is 0 Å². The summed E-state index contributed by atoms with van der Waals surface area (Å²) in [6, 6.07) is 2.93. The lowest BCUT2D eigenvalue weighted by Gasteiger charge is -2.17. The van der Waals surface area contributed by atoms with Crippen LogP contribution in [0.2, 0.25) is 0 Å². The molecule has 0 amide bonds. The third-order valence-electron chi connectivity index (χ3n) is 3.19. The van der Waals surface area contributed by atoms with Crippen molar-refractivity contribution in [2.75, 3.05) is 0 Å². The summed E-state index contributed by atoms with van der Waals surface area (Å²) in [6.45, 7) is 5.76. The van der Waals surface area contributed by atoms with Crippen LogP contribution in [0.4, 0.5) is 0 Å². The zero-order valence-electron chi connectivity index (χ0n) is 9.35. The molecule has 1 saturated carbocycles. The van der Waals surface area contributed by atoms with E-state index < -0.39 is 0 Å². The van der Waals surface area contributed by atoms with Crippen LogP contribution < -0.4 is 5.32 Å². The van der Waals surface area contributed by atoms with Gasteiger partial charge < -0.3 is 5.32 Å². The Morgan fingerprint density at radius 1 is 1.60 bits per heavy atom. The summed E-state index contributed by atoms with van der Waals surface area (Å²) in [5.74, 6) is 0. The van der Waals surface area contributed by atoms with E-state index in [-0.39, 0.29) is 0 Å². The number of rotatable bonds is 3. The molecular weight excluding hydrogens is 270 g/mol. The van der Waals surface area contributed by atoms with E-state index in [9.17, 15) is 0 Å². The summed E-state index contributed by atoms with van der Waals surface area (Å²) in [4.78, 5) is 0. The summed E-state index contributed by atoms with van der Waals surface area (Å²) in [7, 11) is 0. The molecule has 0 radical (unpaired) electrons. The Morgan fingerprint density at radius 2 is 2.40 bits per heavy atom. The molecule has 2 rings (SSSR count). The van der Waals surface area contributed by atoms with Gasteiger partial charge in [-0.2, -0.15) is 0 Å². The van der Waals surface area contributed by atoms with E-state index >= 15 is 0 Å². The lowest BCUT2D eigenvalue weighted by molar-refractivity contribution is 0.364. The van der Waals surface area contributed by atoms with Crippen LogP contribution in [0.3, 0.4) is 0 Å². The van der Waals surface area contributed by atoms with E-state index in [2.05, 4.69) is 46.5 Å². The minimum Gasteiger partial charge on any atom is -0.310 e. The molecule has 1 aliphatic carbocycles. The highest BCUT2D eigenvalue weighted by Crippen LogP contribution is 2.37. The number of hydrogen-bond acceptors (Lipinski definition) is 2. The molecule has 0 saturated heterocycles. The Labute approximate surface area is 104 Å². The van der Waals surface area contributed by atoms with Crippen molar-refractivity contribution < 1.29 is 0 Å². The zero-order chi connectivity index (χ0) is 10.9. The third kappa shape index (κ3) is 3.30. The second-order valence-corrected chi connectivity index (χ2v) is 7.53. The van der Waals surface area contributed by atoms with Crippen molar-refractivity contribution in [2.24, 2.45) is 5.41 Å². The minimum absolute atomic E-state index is 0.549. The lowest BCUT2D eigenvalue weighted by atomic mass is 9.92. The summed E-state index contributed by atoms with van der Waals surface area (Å²) in [6.07, 6.45) is 4.01. The molecule has 1 aromatic rings. The number of hydrogen-bond donors (Lipinski definition) is 1. The standard InChI is InChI=1S/C12H18BrNS/c1-12(2)4-3-10(6-12)14-7-9-5-11(13)15-8-9/h5,8,10,14H,3-4,6-7H2,1-2H3. The highest BCUT2D eigenvalue weighted by atomic mass is 79.9. The lowest BCUT2D eigenvalue weighted by Crippen LogP contribution is -2.26. The van der Waals surface area contributed by atoms with Gasteiger partial charge in [0.25, 0.3) is 0 Å². The van der Waals surface area contributed by atoms with Crippen LogP contribution >= 0.6 is 27.3 Å². The van der Waals surface area contributed by atoms with Crippen molar-refractivity contribution in [2.45, 2.75) is 45.7 Å². The Bertz CT molecular complexity index is 332. The molecule has 3 heteroatoms. The SMILES string of the molecule is CC1(C)CCC(NCc2csc(Br)c2)C1. The van der Waals surface area contributed by atoms with Crippen molar-refractivity contribution in [1.29, 1.82) is 0 Å². The first-order chi connectivity index (χ1) is 7.05. The van der Waals surface area contributed by atoms with Crippen molar-refractivity contribution in [1.82, 2.24) is 5.32 Å². The average molecular weight is 288 g/mol. The van der Waals surface area contributed by atoms with Gasteiger partial charge in [-0.25, -0.2) is 0 Å². The maximum absolute atomic E-state index is 3.65. The van der Waals surface area contributed by atoms with Gasteiger partial charge in [-0.15, -0.1) is 11.3 Å². The van der Waals surface area contributed by atoms with Gasteiger partial charge in [-0.05, 0) is 57.6 Å². The van der Waals surface area contributed by atoms with Crippen LogP contribution in [-0.2, 0) is 6.54 Å². The molecule has 0 bridgehead atoms. The number of nitrogens with one attached hydrogen (secondary N) is 1. The van der Waals surface area contributed by atoms with Gasteiger partial charge in [-0.3, -0.25) is 0 Å². The average Bonchev–Trinajstić information content (AvgIpc) is 2.69. The molecule has 1 heterocycles. The maximum Gasteiger partial charge on any atom is 0.0701 e. The fraction of sp³-hybridized carbons (Fsp3) is 0.667. The van der Waals surface area contributed by atoms with Gasteiger partial charge in [0, 0.05) is 12.6 Å². The fourth-order valence-electron chi connectivity index (χ4n) is 2.31. The first kappa shape index (κ1) is 11.6. The van der Waals surface area contributed by atoms with E-state index in [4.69, 9.17) is 0 Å². The van der Waals surface area contributed by atoms with Crippen LogP contribution in [0.5, 0.6) is 0 Å². The second-order valence-electron chi connectivity index (χ2n) is 5.24. The normalized spacial score (nSPS) is 24.6. The molecule has 1 aromatic heterocycles. The minimum atomic E-state index is 0.549. The highest BCUT2D eigenvalue weighted by Gasteiger charge is 2.30. The van der Waals surface area contributed by atoms with E-state index in [0.717, 1.165) is 12.6 Å². The predicted octanol–water partition coefficient (Wildman–Crippen LogP) is 4.18. The smallest absolute Gasteiger partial charge is 0.0701 e. The van der Waals surface area contributed by atoms with Gasteiger partial charge in [0.15, 0.2) is 0 Å². The maximum atomic E-state index is 3.65. The van der Waals surface area contributed by atoms with E-state index in [0.29, 0.717) is 5.41 Å². The van der Waals surface area contributed by atoms with Crippen LogP contribution in [0.15, 0.2) is 15.2 Å². The Morgan fingerprint density at radius 3 is 2.93 bits per heavy atom. The second kappa shape index (κ2) is 4.56. The Balaban J connectivity index is 1.80. The van der Waals surface area contributed by atoms with E-state index in [1.54, 1.807) is 11.3 Å². The molecule has 84 valence electrons. The predicted molar refractivity (Wildman–Crippen MR) is 70.3 cm³/mol. The third-order valence-corrected chi connectivity index (χ3v) is 4.74. The molecule has 1 fully saturated rings. The quantitative estimate of drug-likeness (QED) is 0.880. The molecule has 1 N–H and O–H groups in total. The van der Waals surface area contributed by atoms with Crippen molar-refractivity contribution in [3.8, 4) is 0 Å². The summed E-state index contributed by atoms with van der Waals surface area (Å²) in [5.41, 5.74) is 1.95. The van der Waals surface area contributed by atoms with Gasteiger partial charge in [0.1, 0.15) is 0 Å². The van der Waals surface area contributed by atoms with Crippen LogP contribution in [0, 0.1) is 5.41 Å². The van der Waals surface area contributed by atoms with Gasteiger partial charge in [0.2, 0.25) is 0 Å². The fourth-order valence-corrected chi connectivity index (χ4v) is 3.52. The van der Waals surface area contributed by atoms with Crippen LogP contribution in [0.25, 0.3) is 0 Å². The van der Waals surface area contributed by atoms with E-state index in [1.807, 2.05) is 0 Å². The number of thiophene rings is 1. The molecule has 0 aliphatic heterocycles. The van der Waals surface area contributed by atoms with Gasteiger partial charge >= 0.3 is 0 Å². The van der Waals surface area contributed by atoms with Gasteiger partial charge in [0.05, 0.1) is 3.79 Å². The topological polar surface area (TPSA) is 12.0 Å². The summed E-state index contributed by atoms with van der Waals surface area (Å²) >= 11 is 5.26. The van der Waals surface area contributed by atoms with Crippen LogP contribution in [0.1, 0.15) is 38.7 Å². The monoisotopic (exact) mass is 287 g/mol. The Hall–Kier alpha value is 0.140. The van der Waals surface area contributed by atoms with E-state index in [1.165, 1.54) is 28.6 Å².